The number of rotatable bonds is 3. The minimum absolute atomic E-state index is 0.116. The average Bonchev–Trinajstić information content (AvgIpc) is 2.28. The van der Waals surface area contributed by atoms with E-state index in [0.717, 1.165) is 6.07 Å². The highest BCUT2D eigenvalue weighted by Gasteiger charge is 2.14. The van der Waals surface area contributed by atoms with Crippen molar-refractivity contribution in [3.8, 4) is 0 Å². The fraction of sp³-hybridized carbons (Fsp3) is 0.300. The van der Waals surface area contributed by atoms with Gasteiger partial charge in [0.25, 0.3) is 5.69 Å². The smallest absolute Gasteiger partial charge is 0.442 e. The van der Waals surface area contributed by atoms with Gasteiger partial charge >= 0.3 is 6.09 Å². The van der Waals surface area contributed by atoms with Gasteiger partial charge in [0.05, 0.1) is 26.2 Å². The minimum atomic E-state index is -3.04. The van der Waals surface area contributed by atoms with Crippen molar-refractivity contribution >= 4 is 21.5 Å². The van der Waals surface area contributed by atoms with E-state index in [-0.39, 0.29) is 17.2 Å². The van der Waals surface area contributed by atoms with Crippen LogP contribution in [0.3, 0.4) is 0 Å². The zero-order valence-corrected chi connectivity index (χ0v) is 10.7. The van der Waals surface area contributed by atoms with Crippen LogP contribution in [-0.4, -0.2) is 28.1 Å². The molecule has 0 aliphatic rings. The molecule has 8 heteroatoms. The van der Waals surface area contributed by atoms with Crippen LogP contribution >= 0.6 is 0 Å². The molecule has 7 nitrogen and oxygen atoms in total. The standard InChI is InChI=1S/C10H12N2O5S/c1-3-17-10(13)11-18(2,16)9-6-4-5-8(7-9)12(14)15/h4-7H,3H2,1-2H3. The van der Waals surface area contributed by atoms with Gasteiger partial charge in [-0.3, -0.25) is 10.1 Å². The number of hydrogen-bond donors (Lipinski definition) is 0. The Morgan fingerprint density at radius 1 is 1.56 bits per heavy atom. The van der Waals surface area contributed by atoms with E-state index in [2.05, 4.69) is 9.10 Å². The maximum absolute atomic E-state index is 12.2. The van der Waals surface area contributed by atoms with Gasteiger partial charge < -0.3 is 4.74 Å². The largest absolute Gasteiger partial charge is 0.448 e. The van der Waals surface area contributed by atoms with Gasteiger partial charge in [0.1, 0.15) is 0 Å². The number of hydrogen-bond acceptors (Lipinski definition) is 5. The number of non-ortho nitro benzene ring substituents is 1. The second-order valence-corrected chi connectivity index (χ2v) is 5.61. The molecular formula is C10H12N2O5S. The zero-order valence-electron chi connectivity index (χ0n) is 9.86. The number of carbonyl (C=O) groups is 1. The van der Waals surface area contributed by atoms with Gasteiger partial charge in [-0.05, 0) is 13.0 Å². The summed E-state index contributed by atoms with van der Waals surface area (Å²) in [7, 11) is -3.04. The number of carbonyl (C=O) groups excluding carboxylic acids is 1. The van der Waals surface area contributed by atoms with Gasteiger partial charge in [-0.2, -0.15) is 0 Å². The van der Waals surface area contributed by atoms with E-state index in [9.17, 15) is 19.1 Å². The molecule has 18 heavy (non-hydrogen) atoms. The fourth-order valence-electron chi connectivity index (χ4n) is 1.18. The normalized spacial score (nSPS) is 13.4. The summed E-state index contributed by atoms with van der Waals surface area (Å²) < 4.78 is 20.1. The molecule has 1 amide bonds. The Bertz CT molecular complexity index is 590. The van der Waals surface area contributed by atoms with Crippen molar-refractivity contribution in [2.45, 2.75) is 11.8 Å². The van der Waals surface area contributed by atoms with Crippen LogP contribution in [0.2, 0.25) is 0 Å². The van der Waals surface area contributed by atoms with E-state index in [1.165, 1.54) is 24.5 Å². The molecule has 0 N–H and O–H groups in total. The Hall–Kier alpha value is -1.96. The lowest BCUT2D eigenvalue weighted by atomic mass is 10.3. The lowest BCUT2D eigenvalue weighted by molar-refractivity contribution is -0.385. The van der Waals surface area contributed by atoms with E-state index >= 15 is 0 Å². The van der Waals surface area contributed by atoms with Crippen LogP contribution in [0.5, 0.6) is 0 Å². The highest BCUT2D eigenvalue weighted by molar-refractivity contribution is 7.93. The van der Waals surface area contributed by atoms with E-state index in [1.807, 2.05) is 0 Å². The predicted molar refractivity (Wildman–Crippen MR) is 64.9 cm³/mol. The molecule has 98 valence electrons. The third-order valence-electron chi connectivity index (χ3n) is 1.98. The van der Waals surface area contributed by atoms with Crippen LogP contribution in [0, 0.1) is 10.1 Å². The van der Waals surface area contributed by atoms with Crippen LogP contribution in [0.1, 0.15) is 6.92 Å². The van der Waals surface area contributed by atoms with E-state index < -0.39 is 20.7 Å². The highest BCUT2D eigenvalue weighted by atomic mass is 32.2. The first-order valence-corrected chi connectivity index (χ1v) is 6.92. The lowest BCUT2D eigenvalue weighted by Gasteiger charge is -2.03. The molecule has 0 aromatic heterocycles. The molecule has 0 saturated heterocycles. The quantitative estimate of drug-likeness (QED) is 0.620. The second kappa shape index (κ2) is 5.58. The van der Waals surface area contributed by atoms with Crippen LogP contribution in [0.15, 0.2) is 33.5 Å². The van der Waals surface area contributed by atoms with Crippen molar-refractivity contribution in [1.82, 2.24) is 0 Å². The second-order valence-electron chi connectivity index (χ2n) is 3.35. The van der Waals surface area contributed by atoms with Crippen molar-refractivity contribution in [3.05, 3.63) is 34.4 Å². The Morgan fingerprint density at radius 2 is 2.22 bits per heavy atom. The molecule has 1 aromatic rings. The highest BCUT2D eigenvalue weighted by Crippen LogP contribution is 2.18. The van der Waals surface area contributed by atoms with Crippen LogP contribution < -0.4 is 0 Å². The number of benzene rings is 1. The maximum atomic E-state index is 12.2. The lowest BCUT2D eigenvalue weighted by Crippen LogP contribution is -2.05. The molecule has 1 rings (SSSR count). The molecule has 0 radical (unpaired) electrons. The first-order chi connectivity index (χ1) is 8.36. The van der Waals surface area contributed by atoms with Gasteiger partial charge in [-0.25, -0.2) is 9.00 Å². The Labute approximate surface area is 104 Å². The van der Waals surface area contributed by atoms with E-state index in [0.29, 0.717) is 0 Å². The minimum Gasteiger partial charge on any atom is -0.448 e. The number of nitro benzene ring substituents is 1. The number of nitrogens with zero attached hydrogens (tertiary/aromatic N) is 2. The fourth-order valence-corrected chi connectivity index (χ4v) is 2.29. The van der Waals surface area contributed by atoms with Crippen molar-refractivity contribution in [2.24, 2.45) is 4.36 Å². The molecule has 0 spiro atoms. The summed E-state index contributed by atoms with van der Waals surface area (Å²) in [5, 5.41) is 10.6. The van der Waals surface area contributed by atoms with Gasteiger partial charge in [0.2, 0.25) is 0 Å². The summed E-state index contributed by atoms with van der Waals surface area (Å²) in [6.07, 6.45) is 0.277. The van der Waals surface area contributed by atoms with Crippen molar-refractivity contribution in [3.63, 3.8) is 0 Å². The number of nitro groups is 1. The SMILES string of the molecule is CCOC(=O)N=S(C)(=O)c1cccc([N+](=O)[O-])c1. The average molecular weight is 272 g/mol. The predicted octanol–water partition coefficient (Wildman–Crippen LogP) is 2.21. The van der Waals surface area contributed by atoms with Crippen molar-refractivity contribution < 1.29 is 18.7 Å². The van der Waals surface area contributed by atoms with E-state index in [1.54, 1.807) is 6.92 Å². The molecule has 1 aromatic carbocycles. The Morgan fingerprint density at radius 3 is 2.78 bits per heavy atom. The zero-order chi connectivity index (χ0) is 13.8. The van der Waals surface area contributed by atoms with Gasteiger partial charge in [-0.15, -0.1) is 4.36 Å². The number of ether oxygens (including phenoxy) is 1. The maximum Gasteiger partial charge on any atom is 0.442 e. The van der Waals surface area contributed by atoms with Gasteiger partial charge in [0, 0.05) is 18.4 Å². The monoisotopic (exact) mass is 272 g/mol. The molecule has 0 aliphatic heterocycles. The topological polar surface area (TPSA) is 98.9 Å². The molecular weight excluding hydrogens is 260 g/mol. The van der Waals surface area contributed by atoms with Crippen LogP contribution in [-0.2, 0) is 14.5 Å². The molecule has 0 fully saturated rings. The van der Waals surface area contributed by atoms with Gasteiger partial charge in [-0.1, -0.05) is 6.07 Å². The Balaban J connectivity index is 3.20. The van der Waals surface area contributed by atoms with Crippen LogP contribution in [0.4, 0.5) is 10.5 Å². The molecule has 0 bridgehead atoms. The Kier molecular flexibility index (Phi) is 4.38. The summed E-state index contributed by atoms with van der Waals surface area (Å²) >= 11 is 0. The molecule has 0 heterocycles. The summed E-state index contributed by atoms with van der Waals surface area (Å²) in [5.74, 6) is 0. The van der Waals surface area contributed by atoms with Crippen LogP contribution in [0.25, 0.3) is 0 Å². The molecule has 0 saturated carbocycles. The van der Waals surface area contributed by atoms with Crippen molar-refractivity contribution in [2.75, 3.05) is 12.9 Å². The molecule has 1 unspecified atom stereocenters. The third-order valence-corrected chi connectivity index (χ3v) is 3.61. The summed E-state index contributed by atoms with van der Waals surface area (Å²) in [6, 6.07) is 5.20. The van der Waals surface area contributed by atoms with Gasteiger partial charge in [0.15, 0.2) is 0 Å². The van der Waals surface area contributed by atoms with Crippen molar-refractivity contribution in [1.29, 1.82) is 0 Å². The van der Waals surface area contributed by atoms with E-state index in [4.69, 9.17) is 0 Å². The first kappa shape index (κ1) is 14.1. The summed E-state index contributed by atoms with van der Waals surface area (Å²) in [6.45, 7) is 1.71. The molecule has 0 aliphatic carbocycles. The summed E-state index contributed by atoms with van der Waals surface area (Å²) in [5.41, 5.74) is -0.207. The molecule has 1 atom stereocenters. The third kappa shape index (κ3) is 3.52. The first-order valence-electron chi connectivity index (χ1n) is 5.00. The summed E-state index contributed by atoms with van der Waals surface area (Å²) in [4.78, 5) is 21.3. The number of amides is 1.